The van der Waals surface area contributed by atoms with Crippen molar-refractivity contribution in [2.75, 3.05) is 52.7 Å². The average molecular weight is 342 g/mol. The number of sulfonamides is 1. The van der Waals surface area contributed by atoms with Gasteiger partial charge in [0.2, 0.25) is 10.0 Å². The van der Waals surface area contributed by atoms with Crippen molar-refractivity contribution < 1.29 is 17.9 Å². The predicted molar refractivity (Wildman–Crippen MR) is 90.7 cm³/mol. The number of piperazine rings is 1. The average Bonchev–Trinajstić information content (AvgIpc) is 2.60. The lowest BCUT2D eigenvalue weighted by atomic mass is 10.1. The minimum absolute atomic E-state index is 0.179. The first-order valence-corrected chi connectivity index (χ1v) is 9.52. The Morgan fingerprint density at radius 1 is 1.04 bits per heavy atom. The standard InChI is InChI=1S/C16H26N2O4S/c1-4-23(19,20)18-11-9-17(10-12-18)8-7-14-5-6-15(21-2)16(13-14)22-3/h5-6,13H,4,7-12H2,1-3H3. The molecule has 0 aliphatic carbocycles. The van der Waals surface area contributed by atoms with E-state index in [2.05, 4.69) is 4.90 Å². The van der Waals surface area contributed by atoms with Gasteiger partial charge in [-0.05, 0) is 31.0 Å². The molecule has 1 aromatic carbocycles. The SMILES string of the molecule is CCS(=O)(=O)N1CCN(CCc2ccc(OC)c(OC)c2)CC1. The Bertz CT molecular complexity index is 611. The van der Waals surface area contributed by atoms with Crippen LogP contribution in [0.5, 0.6) is 11.5 Å². The zero-order valence-electron chi connectivity index (χ0n) is 14.1. The van der Waals surface area contributed by atoms with Crippen LogP contribution in [-0.4, -0.2) is 70.3 Å². The molecule has 7 heteroatoms. The summed E-state index contributed by atoms with van der Waals surface area (Å²) in [5, 5.41) is 0. The first-order valence-electron chi connectivity index (χ1n) is 7.91. The van der Waals surface area contributed by atoms with E-state index >= 15 is 0 Å². The molecule has 1 saturated heterocycles. The molecule has 1 aromatic rings. The highest BCUT2D eigenvalue weighted by molar-refractivity contribution is 7.89. The second kappa shape index (κ2) is 7.99. The summed E-state index contributed by atoms with van der Waals surface area (Å²) >= 11 is 0. The monoisotopic (exact) mass is 342 g/mol. The number of hydrogen-bond acceptors (Lipinski definition) is 5. The lowest BCUT2D eigenvalue weighted by molar-refractivity contribution is 0.190. The van der Waals surface area contributed by atoms with E-state index in [0.29, 0.717) is 13.1 Å². The van der Waals surface area contributed by atoms with Crippen molar-refractivity contribution in [3.05, 3.63) is 23.8 Å². The highest BCUT2D eigenvalue weighted by Gasteiger charge is 2.25. The van der Waals surface area contributed by atoms with Crippen LogP contribution in [0, 0.1) is 0 Å². The maximum absolute atomic E-state index is 11.9. The molecule has 0 aromatic heterocycles. The highest BCUT2D eigenvalue weighted by Crippen LogP contribution is 2.27. The van der Waals surface area contributed by atoms with E-state index < -0.39 is 10.0 Å². The molecule has 0 saturated carbocycles. The van der Waals surface area contributed by atoms with Crippen LogP contribution in [0.3, 0.4) is 0 Å². The molecule has 0 amide bonds. The van der Waals surface area contributed by atoms with Gasteiger partial charge in [0.05, 0.1) is 20.0 Å². The largest absolute Gasteiger partial charge is 0.493 e. The molecular weight excluding hydrogens is 316 g/mol. The van der Waals surface area contributed by atoms with Crippen LogP contribution in [-0.2, 0) is 16.4 Å². The van der Waals surface area contributed by atoms with Gasteiger partial charge in [-0.1, -0.05) is 6.07 Å². The summed E-state index contributed by atoms with van der Waals surface area (Å²) < 4.78 is 35.9. The molecule has 1 fully saturated rings. The number of nitrogens with zero attached hydrogens (tertiary/aromatic N) is 2. The molecule has 130 valence electrons. The van der Waals surface area contributed by atoms with Crippen molar-refractivity contribution in [2.24, 2.45) is 0 Å². The van der Waals surface area contributed by atoms with Crippen molar-refractivity contribution in [1.82, 2.24) is 9.21 Å². The van der Waals surface area contributed by atoms with E-state index in [-0.39, 0.29) is 5.75 Å². The summed E-state index contributed by atoms with van der Waals surface area (Å²) in [6.45, 7) is 5.34. The maximum Gasteiger partial charge on any atom is 0.213 e. The molecule has 0 bridgehead atoms. The topological polar surface area (TPSA) is 59.1 Å². The second-order valence-corrected chi connectivity index (χ2v) is 7.84. The van der Waals surface area contributed by atoms with Crippen LogP contribution in [0.4, 0.5) is 0 Å². The van der Waals surface area contributed by atoms with Crippen molar-refractivity contribution in [3.63, 3.8) is 0 Å². The van der Waals surface area contributed by atoms with Gasteiger partial charge in [0.25, 0.3) is 0 Å². The van der Waals surface area contributed by atoms with E-state index in [1.165, 1.54) is 5.56 Å². The zero-order valence-corrected chi connectivity index (χ0v) is 14.9. The van der Waals surface area contributed by atoms with Crippen molar-refractivity contribution >= 4 is 10.0 Å². The van der Waals surface area contributed by atoms with Crippen LogP contribution in [0.15, 0.2) is 18.2 Å². The zero-order chi connectivity index (χ0) is 16.9. The fourth-order valence-electron chi connectivity index (χ4n) is 2.74. The molecule has 1 heterocycles. The van der Waals surface area contributed by atoms with E-state index in [0.717, 1.165) is 37.6 Å². The Labute approximate surface area is 139 Å². The summed E-state index contributed by atoms with van der Waals surface area (Å²) in [7, 11) is 0.208. The number of methoxy groups -OCH3 is 2. The molecule has 0 radical (unpaired) electrons. The van der Waals surface area contributed by atoms with Gasteiger partial charge in [-0.15, -0.1) is 0 Å². The van der Waals surface area contributed by atoms with Crippen LogP contribution in [0.1, 0.15) is 12.5 Å². The quantitative estimate of drug-likeness (QED) is 0.745. The third-order valence-electron chi connectivity index (χ3n) is 4.25. The van der Waals surface area contributed by atoms with E-state index in [1.807, 2.05) is 18.2 Å². The molecule has 0 unspecified atom stereocenters. The van der Waals surface area contributed by atoms with Crippen molar-refractivity contribution in [1.29, 1.82) is 0 Å². The predicted octanol–water partition coefficient (Wildman–Crippen LogP) is 1.21. The molecule has 0 atom stereocenters. The maximum atomic E-state index is 11.9. The molecule has 2 rings (SSSR count). The van der Waals surface area contributed by atoms with Gasteiger partial charge in [-0.25, -0.2) is 8.42 Å². The van der Waals surface area contributed by atoms with Crippen molar-refractivity contribution in [3.8, 4) is 11.5 Å². The summed E-state index contributed by atoms with van der Waals surface area (Å²) in [6.07, 6.45) is 0.904. The minimum Gasteiger partial charge on any atom is -0.493 e. The van der Waals surface area contributed by atoms with Crippen LogP contribution >= 0.6 is 0 Å². The van der Waals surface area contributed by atoms with Gasteiger partial charge in [0.1, 0.15) is 0 Å². The van der Waals surface area contributed by atoms with Crippen LogP contribution < -0.4 is 9.47 Å². The van der Waals surface area contributed by atoms with Gasteiger partial charge in [-0.2, -0.15) is 4.31 Å². The first-order chi connectivity index (χ1) is 11.0. The first kappa shape index (κ1) is 18.0. The number of benzene rings is 1. The molecule has 23 heavy (non-hydrogen) atoms. The molecule has 0 spiro atoms. The third-order valence-corrected chi connectivity index (χ3v) is 6.14. The van der Waals surface area contributed by atoms with Crippen LogP contribution in [0.2, 0.25) is 0 Å². The van der Waals surface area contributed by atoms with Gasteiger partial charge in [-0.3, -0.25) is 0 Å². The Kier molecular flexibility index (Phi) is 6.26. The minimum atomic E-state index is -3.05. The van der Waals surface area contributed by atoms with Gasteiger partial charge < -0.3 is 14.4 Å². The summed E-state index contributed by atoms with van der Waals surface area (Å²) in [6, 6.07) is 5.95. The van der Waals surface area contributed by atoms with E-state index in [1.54, 1.807) is 25.4 Å². The molecule has 1 aliphatic rings. The smallest absolute Gasteiger partial charge is 0.213 e. The fourth-order valence-corrected chi connectivity index (χ4v) is 3.82. The Morgan fingerprint density at radius 2 is 1.70 bits per heavy atom. The van der Waals surface area contributed by atoms with Gasteiger partial charge in [0, 0.05) is 32.7 Å². The molecule has 1 aliphatic heterocycles. The number of hydrogen-bond donors (Lipinski definition) is 0. The molecule has 0 N–H and O–H groups in total. The van der Waals surface area contributed by atoms with Crippen LogP contribution in [0.25, 0.3) is 0 Å². The number of ether oxygens (including phenoxy) is 2. The Balaban J connectivity index is 1.86. The summed E-state index contributed by atoms with van der Waals surface area (Å²) in [5.74, 6) is 1.65. The Hall–Kier alpha value is -1.31. The van der Waals surface area contributed by atoms with Crippen molar-refractivity contribution in [2.45, 2.75) is 13.3 Å². The van der Waals surface area contributed by atoms with Gasteiger partial charge in [0.15, 0.2) is 11.5 Å². The summed E-state index contributed by atoms with van der Waals surface area (Å²) in [5.41, 5.74) is 1.19. The fraction of sp³-hybridized carbons (Fsp3) is 0.625. The Morgan fingerprint density at radius 3 is 2.26 bits per heavy atom. The van der Waals surface area contributed by atoms with E-state index in [9.17, 15) is 8.42 Å². The third kappa shape index (κ3) is 4.59. The van der Waals surface area contributed by atoms with Gasteiger partial charge >= 0.3 is 0 Å². The normalized spacial score (nSPS) is 17.2. The molecular formula is C16H26N2O4S. The summed E-state index contributed by atoms with van der Waals surface area (Å²) in [4.78, 5) is 2.30. The molecule has 6 nitrogen and oxygen atoms in total. The number of rotatable bonds is 7. The lowest BCUT2D eigenvalue weighted by Gasteiger charge is -2.33. The second-order valence-electron chi connectivity index (χ2n) is 5.58. The lowest BCUT2D eigenvalue weighted by Crippen LogP contribution is -2.49. The highest BCUT2D eigenvalue weighted by atomic mass is 32.2. The van der Waals surface area contributed by atoms with E-state index in [4.69, 9.17) is 9.47 Å².